The molecule has 0 aliphatic rings. The van der Waals surface area contributed by atoms with Crippen LogP contribution in [0.15, 0.2) is 54.6 Å². The zero-order chi connectivity index (χ0) is 25.0. The van der Waals surface area contributed by atoms with Gasteiger partial charge in [0.05, 0.1) is 29.0 Å². The molecule has 0 atom stereocenters. The topological polar surface area (TPSA) is 76.7 Å². The SMILES string of the molecule is COc1ccc(C(=O)NOC(C)(C)C)cc1C(=O)c1ccc(Nc2ccc(F)cc2F)cc1Cl. The van der Waals surface area contributed by atoms with Crippen molar-refractivity contribution in [3.63, 3.8) is 0 Å². The zero-order valence-corrected chi connectivity index (χ0v) is 19.7. The van der Waals surface area contributed by atoms with Crippen LogP contribution in [0.3, 0.4) is 0 Å². The highest BCUT2D eigenvalue weighted by atomic mass is 35.5. The fourth-order valence-corrected chi connectivity index (χ4v) is 3.22. The first-order valence-electron chi connectivity index (χ1n) is 10.2. The summed E-state index contributed by atoms with van der Waals surface area (Å²) in [4.78, 5) is 31.0. The molecule has 34 heavy (non-hydrogen) atoms. The minimum Gasteiger partial charge on any atom is -0.496 e. The molecule has 0 aromatic heterocycles. The number of carbonyl (C=O) groups is 2. The van der Waals surface area contributed by atoms with Gasteiger partial charge in [-0.15, -0.1) is 0 Å². The van der Waals surface area contributed by atoms with Gasteiger partial charge in [0.15, 0.2) is 5.78 Å². The number of carbonyl (C=O) groups excluding carboxylic acids is 2. The van der Waals surface area contributed by atoms with Crippen LogP contribution in [0, 0.1) is 11.6 Å². The lowest BCUT2D eigenvalue weighted by molar-refractivity contribution is -0.0589. The molecular formula is C25H23ClF2N2O4. The Morgan fingerprint density at radius 3 is 2.29 bits per heavy atom. The van der Waals surface area contributed by atoms with E-state index in [0.717, 1.165) is 12.1 Å². The average molecular weight is 489 g/mol. The second-order valence-corrected chi connectivity index (χ2v) is 8.74. The Hall–Kier alpha value is -3.49. The monoisotopic (exact) mass is 488 g/mol. The molecule has 0 saturated heterocycles. The van der Waals surface area contributed by atoms with Gasteiger partial charge < -0.3 is 10.1 Å². The van der Waals surface area contributed by atoms with E-state index in [-0.39, 0.29) is 33.1 Å². The molecule has 3 aromatic carbocycles. The number of ether oxygens (including phenoxy) is 1. The van der Waals surface area contributed by atoms with Crippen molar-refractivity contribution in [1.29, 1.82) is 0 Å². The van der Waals surface area contributed by atoms with Gasteiger partial charge in [0.1, 0.15) is 17.4 Å². The van der Waals surface area contributed by atoms with Crippen LogP contribution in [-0.2, 0) is 4.84 Å². The van der Waals surface area contributed by atoms with Gasteiger partial charge >= 0.3 is 0 Å². The number of ketones is 1. The largest absolute Gasteiger partial charge is 0.496 e. The first-order valence-corrected chi connectivity index (χ1v) is 10.6. The summed E-state index contributed by atoms with van der Waals surface area (Å²) < 4.78 is 32.3. The molecule has 0 unspecified atom stereocenters. The molecule has 9 heteroatoms. The van der Waals surface area contributed by atoms with Crippen molar-refractivity contribution in [3.8, 4) is 5.75 Å². The van der Waals surface area contributed by atoms with Crippen LogP contribution < -0.4 is 15.5 Å². The fourth-order valence-electron chi connectivity index (χ4n) is 2.95. The predicted octanol–water partition coefficient (Wildman–Crippen LogP) is 6.06. The molecule has 0 aliphatic heterocycles. The Bertz CT molecular complexity index is 1240. The molecule has 0 bridgehead atoms. The van der Waals surface area contributed by atoms with E-state index < -0.39 is 28.9 Å². The van der Waals surface area contributed by atoms with Gasteiger partial charge in [-0.25, -0.2) is 14.3 Å². The van der Waals surface area contributed by atoms with Gasteiger partial charge in [-0.05, 0) is 69.3 Å². The van der Waals surface area contributed by atoms with Crippen molar-refractivity contribution < 1.29 is 27.9 Å². The highest BCUT2D eigenvalue weighted by Crippen LogP contribution is 2.30. The van der Waals surface area contributed by atoms with E-state index in [1.165, 1.54) is 49.6 Å². The molecule has 178 valence electrons. The summed E-state index contributed by atoms with van der Waals surface area (Å²) >= 11 is 6.35. The van der Waals surface area contributed by atoms with Gasteiger partial charge in [-0.3, -0.25) is 14.4 Å². The smallest absolute Gasteiger partial charge is 0.274 e. The van der Waals surface area contributed by atoms with Gasteiger partial charge in [0.2, 0.25) is 0 Å². The molecule has 3 rings (SSSR count). The molecule has 0 spiro atoms. The Kier molecular flexibility index (Phi) is 7.54. The van der Waals surface area contributed by atoms with E-state index >= 15 is 0 Å². The number of methoxy groups -OCH3 is 1. The minimum atomic E-state index is -0.772. The van der Waals surface area contributed by atoms with E-state index in [0.29, 0.717) is 5.69 Å². The van der Waals surface area contributed by atoms with E-state index in [9.17, 15) is 18.4 Å². The number of hydrogen-bond acceptors (Lipinski definition) is 5. The molecule has 3 aromatic rings. The number of amides is 1. The summed E-state index contributed by atoms with van der Waals surface area (Å²) in [5.74, 6) is -2.22. The number of hydroxylamine groups is 1. The predicted molar refractivity (Wildman–Crippen MR) is 126 cm³/mol. The molecule has 0 heterocycles. The third-order valence-electron chi connectivity index (χ3n) is 4.58. The summed E-state index contributed by atoms with van der Waals surface area (Å²) in [5, 5.41) is 2.88. The van der Waals surface area contributed by atoms with E-state index in [1.807, 2.05) is 0 Å². The summed E-state index contributed by atoms with van der Waals surface area (Å²) in [6, 6.07) is 11.9. The first-order chi connectivity index (χ1) is 16.0. The number of nitrogens with one attached hydrogen (secondary N) is 2. The summed E-state index contributed by atoms with van der Waals surface area (Å²) in [7, 11) is 1.40. The summed E-state index contributed by atoms with van der Waals surface area (Å²) in [6.07, 6.45) is 0. The Morgan fingerprint density at radius 2 is 1.68 bits per heavy atom. The average Bonchev–Trinajstić information content (AvgIpc) is 2.78. The number of rotatable bonds is 7. The van der Waals surface area contributed by atoms with Crippen molar-refractivity contribution in [2.45, 2.75) is 26.4 Å². The highest BCUT2D eigenvalue weighted by Gasteiger charge is 2.21. The molecule has 0 aliphatic carbocycles. The quantitative estimate of drug-likeness (QED) is 0.312. The number of benzene rings is 3. The van der Waals surface area contributed by atoms with Crippen LogP contribution in [0.25, 0.3) is 0 Å². The van der Waals surface area contributed by atoms with Crippen molar-refractivity contribution in [3.05, 3.63) is 87.9 Å². The van der Waals surface area contributed by atoms with Crippen LogP contribution in [0.5, 0.6) is 5.75 Å². The molecule has 0 fully saturated rings. The standard InChI is InChI=1S/C25H23ClF2N2O4/c1-25(2,3)34-30-24(32)14-5-10-22(33-4)18(11-14)23(31)17-8-7-16(13-19(17)26)29-21-9-6-15(27)12-20(21)28/h5-13,29H,1-4H3,(H,30,32). The van der Waals surface area contributed by atoms with Gasteiger partial charge in [-0.1, -0.05) is 11.6 Å². The third-order valence-corrected chi connectivity index (χ3v) is 4.89. The maximum Gasteiger partial charge on any atom is 0.274 e. The molecule has 0 radical (unpaired) electrons. The number of hydrogen-bond donors (Lipinski definition) is 2. The Labute approximate surface area is 200 Å². The lowest BCUT2D eigenvalue weighted by Gasteiger charge is -2.19. The van der Waals surface area contributed by atoms with Crippen LogP contribution >= 0.6 is 11.6 Å². The summed E-state index contributed by atoms with van der Waals surface area (Å²) in [5.41, 5.74) is 2.66. The van der Waals surface area contributed by atoms with Crippen LogP contribution in [0.4, 0.5) is 20.2 Å². The molecular weight excluding hydrogens is 466 g/mol. The number of halogens is 3. The second-order valence-electron chi connectivity index (χ2n) is 8.33. The van der Waals surface area contributed by atoms with E-state index in [1.54, 1.807) is 20.8 Å². The van der Waals surface area contributed by atoms with Gasteiger partial charge in [-0.2, -0.15) is 0 Å². The van der Waals surface area contributed by atoms with Gasteiger partial charge in [0.25, 0.3) is 5.91 Å². The van der Waals surface area contributed by atoms with Crippen molar-refractivity contribution >= 4 is 34.7 Å². The van der Waals surface area contributed by atoms with Gasteiger partial charge in [0, 0.05) is 22.9 Å². The second kappa shape index (κ2) is 10.2. The maximum absolute atomic E-state index is 13.9. The van der Waals surface area contributed by atoms with E-state index in [2.05, 4.69) is 10.8 Å². The first kappa shape index (κ1) is 25.1. The van der Waals surface area contributed by atoms with Crippen molar-refractivity contribution in [2.75, 3.05) is 12.4 Å². The molecule has 2 N–H and O–H groups in total. The van der Waals surface area contributed by atoms with Crippen LogP contribution in [0.1, 0.15) is 47.1 Å². The lowest BCUT2D eigenvalue weighted by atomic mass is 9.99. The minimum absolute atomic E-state index is 0.0504. The molecule has 1 amide bonds. The van der Waals surface area contributed by atoms with E-state index in [4.69, 9.17) is 21.2 Å². The lowest BCUT2D eigenvalue weighted by Crippen LogP contribution is -2.33. The normalized spacial score (nSPS) is 11.1. The molecule has 0 saturated carbocycles. The Morgan fingerprint density at radius 1 is 0.941 bits per heavy atom. The molecule has 6 nitrogen and oxygen atoms in total. The fraction of sp³-hybridized carbons (Fsp3) is 0.200. The van der Waals surface area contributed by atoms with Crippen LogP contribution in [-0.4, -0.2) is 24.4 Å². The Balaban J connectivity index is 1.87. The van der Waals surface area contributed by atoms with Crippen molar-refractivity contribution in [1.82, 2.24) is 5.48 Å². The summed E-state index contributed by atoms with van der Waals surface area (Å²) in [6.45, 7) is 5.34. The number of anilines is 2. The van der Waals surface area contributed by atoms with Crippen molar-refractivity contribution in [2.24, 2.45) is 0 Å². The maximum atomic E-state index is 13.9. The van der Waals surface area contributed by atoms with Crippen LogP contribution in [0.2, 0.25) is 5.02 Å². The third kappa shape index (κ3) is 6.09. The zero-order valence-electron chi connectivity index (χ0n) is 19.0. The highest BCUT2D eigenvalue weighted by molar-refractivity contribution is 6.35.